The number of carbonyl (C=O) groups excluding carboxylic acids is 1. The van der Waals surface area contributed by atoms with E-state index in [9.17, 15) is 4.79 Å². The van der Waals surface area contributed by atoms with Crippen LogP contribution >= 0.6 is 46.6 Å². The minimum absolute atomic E-state index is 0.169. The second kappa shape index (κ2) is 8.36. The number of aryl methyl sites for hydroxylation is 1. The lowest BCUT2D eigenvalue weighted by molar-refractivity contribution is -0.116. The minimum Gasteiger partial charge on any atom is -0.457 e. The maximum absolute atomic E-state index is 12.4. The Morgan fingerprint density at radius 1 is 1.07 bits per heavy atom. The normalized spacial score (nSPS) is 17.6. The van der Waals surface area contributed by atoms with Gasteiger partial charge in [-0.05, 0) is 61.0 Å². The Labute approximate surface area is 187 Å². The molecule has 29 heavy (non-hydrogen) atoms. The van der Waals surface area contributed by atoms with Crippen LogP contribution in [0.15, 0.2) is 57.9 Å². The molecule has 1 aromatic heterocycles. The zero-order chi connectivity index (χ0) is 20.5. The van der Waals surface area contributed by atoms with Crippen LogP contribution in [0.4, 0.5) is 5.69 Å². The van der Waals surface area contributed by atoms with Crippen molar-refractivity contribution < 1.29 is 9.21 Å². The largest absolute Gasteiger partial charge is 0.457 e. The highest BCUT2D eigenvalue weighted by Crippen LogP contribution is 2.35. The molecule has 0 aliphatic carbocycles. The summed E-state index contributed by atoms with van der Waals surface area (Å²) in [6.45, 7) is 1.96. The van der Waals surface area contributed by atoms with Gasteiger partial charge in [-0.15, -0.1) is 0 Å². The molecule has 8 heteroatoms. The van der Waals surface area contributed by atoms with Crippen LogP contribution in [0, 0.1) is 6.92 Å². The number of thioether (sulfide) groups is 1. The topological polar surface area (TPSA) is 54.3 Å². The van der Waals surface area contributed by atoms with E-state index < -0.39 is 0 Å². The summed E-state index contributed by atoms with van der Waals surface area (Å²) in [6.07, 6.45) is 1.71. The van der Waals surface area contributed by atoms with Crippen LogP contribution in [0.3, 0.4) is 0 Å². The van der Waals surface area contributed by atoms with Gasteiger partial charge in [0.1, 0.15) is 11.5 Å². The molecule has 4 rings (SSSR count). The molecular weight excluding hydrogens is 451 g/mol. The highest BCUT2D eigenvalue weighted by Gasteiger charge is 2.28. The molecule has 1 aliphatic heterocycles. The Kier molecular flexibility index (Phi) is 5.83. The van der Waals surface area contributed by atoms with Crippen molar-refractivity contribution in [1.82, 2.24) is 5.32 Å². The fourth-order valence-electron chi connectivity index (χ4n) is 2.89. The number of hydrogen-bond acceptors (Lipinski definition) is 4. The van der Waals surface area contributed by atoms with Crippen LogP contribution in [0.2, 0.25) is 15.1 Å². The third kappa shape index (κ3) is 4.59. The third-order valence-electron chi connectivity index (χ3n) is 4.30. The summed E-state index contributed by atoms with van der Waals surface area (Å²) in [4.78, 5) is 12.9. The predicted octanol–water partition coefficient (Wildman–Crippen LogP) is 6.81. The van der Waals surface area contributed by atoms with Crippen LogP contribution < -0.4 is 10.6 Å². The lowest BCUT2D eigenvalue weighted by atomic mass is 10.2. The second-order valence-electron chi connectivity index (χ2n) is 6.41. The minimum atomic E-state index is -0.287. The molecule has 0 spiro atoms. The molecule has 1 amide bonds. The number of carbonyl (C=O) groups is 1. The van der Waals surface area contributed by atoms with E-state index >= 15 is 0 Å². The first-order chi connectivity index (χ1) is 13.9. The van der Waals surface area contributed by atoms with Crippen molar-refractivity contribution in [3.05, 3.63) is 79.8 Å². The monoisotopic (exact) mass is 464 g/mol. The van der Waals surface area contributed by atoms with E-state index in [-0.39, 0.29) is 11.4 Å². The van der Waals surface area contributed by atoms with Gasteiger partial charge in [-0.1, -0.05) is 46.6 Å². The molecule has 2 heterocycles. The maximum atomic E-state index is 12.4. The van der Waals surface area contributed by atoms with Crippen molar-refractivity contribution in [1.29, 1.82) is 0 Å². The van der Waals surface area contributed by atoms with Gasteiger partial charge in [-0.3, -0.25) is 4.79 Å². The first kappa shape index (κ1) is 20.2. The Balaban J connectivity index is 1.51. The maximum Gasteiger partial charge on any atom is 0.260 e. The number of anilines is 1. The van der Waals surface area contributed by atoms with Gasteiger partial charge in [0.15, 0.2) is 5.50 Å². The van der Waals surface area contributed by atoms with E-state index in [4.69, 9.17) is 39.2 Å². The van der Waals surface area contributed by atoms with E-state index in [1.54, 1.807) is 42.5 Å². The highest BCUT2D eigenvalue weighted by atomic mass is 35.5. The zero-order valence-corrected chi connectivity index (χ0v) is 18.2. The first-order valence-electron chi connectivity index (χ1n) is 8.66. The van der Waals surface area contributed by atoms with Crippen LogP contribution in [0.5, 0.6) is 0 Å². The van der Waals surface area contributed by atoms with Crippen molar-refractivity contribution in [2.45, 2.75) is 12.4 Å². The second-order valence-corrected chi connectivity index (χ2v) is 8.84. The van der Waals surface area contributed by atoms with Crippen LogP contribution in [-0.4, -0.2) is 11.4 Å². The average Bonchev–Trinajstić information content (AvgIpc) is 3.27. The predicted molar refractivity (Wildman–Crippen MR) is 121 cm³/mol. The van der Waals surface area contributed by atoms with E-state index in [1.165, 1.54) is 11.8 Å². The molecule has 1 saturated heterocycles. The first-order valence-corrected chi connectivity index (χ1v) is 10.7. The molecule has 1 atom stereocenters. The Morgan fingerprint density at radius 2 is 1.83 bits per heavy atom. The number of halogens is 3. The number of hydrogen-bond donors (Lipinski definition) is 2. The van der Waals surface area contributed by atoms with Crippen molar-refractivity contribution >= 4 is 64.2 Å². The van der Waals surface area contributed by atoms with Gasteiger partial charge in [0.2, 0.25) is 0 Å². The highest BCUT2D eigenvalue weighted by molar-refractivity contribution is 8.05. The molecule has 2 aromatic carbocycles. The molecule has 2 N–H and O–H groups in total. The SMILES string of the molecule is Cc1cc(Cl)ccc1NC1NC(=O)/C(=C/c2ccc(-c3cc(Cl)ccc3Cl)o2)S1. The molecule has 0 radical (unpaired) electrons. The van der Waals surface area contributed by atoms with Gasteiger partial charge < -0.3 is 15.1 Å². The van der Waals surface area contributed by atoms with Crippen molar-refractivity contribution in [3.8, 4) is 11.3 Å². The Bertz CT molecular complexity index is 1130. The molecule has 3 aromatic rings. The zero-order valence-electron chi connectivity index (χ0n) is 15.1. The van der Waals surface area contributed by atoms with Gasteiger partial charge in [-0.25, -0.2) is 0 Å². The quantitative estimate of drug-likeness (QED) is 0.415. The molecular formula is C21H15Cl3N2O2S. The van der Waals surface area contributed by atoms with E-state index in [1.807, 2.05) is 19.1 Å². The summed E-state index contributed by atoms with van der Waals surface area (Å²) < 4.78 is 5.85. The molecule has 4 nitrogen and oxygen atoms in total. The summed E-state index contributed by atoms with van der Waals surface area (Å²) in [5.41, 5.74) is 2.32. The van der Waals surface area contributed by atoms with Crippen LogP contribution in [0.25, 0.3) is 17.4 Å². The Hall–Kier alpha value is -2.05. The van der Waals surface area contributed by atoms with Crippen LogP contribution in [0.1, 0.15) is 11.3 Å². The van der Waals surface area contributed by atoms with E-state index in [2.05, 4.69) is 10.6 Å². The fraction of sp³-hybridized carbons (Fsp3) is 0.0952. The standard InChI is InChI=1S/C21H15Cl3N2O2S/c1-11-8-12(22)3-6-17(11)25-21-26-20(27)19(29-21)10-14-4-7-18(28-14)15-9-13(23)2-5-16(15)24/h2-10,21,25H,1H3,(H,26,27)/b19-10-. The molecule has 1 aliphatic rings. The molecule has 1 unspecified atom stereocenters. The van der Waals surface area contributed by atoms with Gasteiger partial charge in [0.25, 0.3) is 5.91 Å². The lowest BCUT2D eigenvalue weighted by Gasteiger charge is -2.14. The van der Waals surface area contributed by atoms with Crippen molar-refractivity contribution in [2.75, 3.05) is 5.32 Å². The van der Waals surface area contributed by atoms with E-state index in [0.29, 0.717) is 37.1 Å². The third-order valence-corrected chi connectivity index (χ3v) is 6.13. The molecule has 0 bridgehead atoms. The number of furan rings is 1. The average molecular weight is 466 g/mol. The summed E-state index contributed by atoms with van der Waals surface area (Å²) in [5.74, 6) is 0.967. The fourth-order valence-corrected chi connectivity index (χ4v) is 4.45. The summed E-state index contributed by atoms with van der Waals surface area (Å²) in [6, 6.07) is 14.3. The lowest BCUT2D eigenvalue weighted by Crippen LogP contribution is -2.31. The Morgan fingerprint density at radius 3 is 2.62 bits per heavy atom. The summed E-state index contributed by atoms with van der Waals surface area (Å²) in [5, 5.41) is 7.98. The van der Waals surface area contributed by atoms with Gasteiger partial charge in [0, 0.05) is 27.4 Å². The smallest absolute Gasteiger partial charge is 0.260 e. The summed E-state index contributed by atoms with van der Waals surface area (Å²) in [7, 11) is 0. The summed E-state index contributed by atoms with van der Waals surface area (Å²) >= 11 is 19.7. The molecule has 1 fully saturated rings. The number of benzene rings is 2. The molecule has 0 saturated carbocycles. The number of rotatable bonds is 4. The number of amides is 1. The van der Waals surface area contributed by atoms with Crippen molar-refractivity contribution in [2.24, 2.45) is 0 Å². The molecule has 148 valence electrons. The van der Waals surface area contributed by atoms with Gasteiger partial charge in [0.05, 0.1) is 9.93 Å². The van der Waals surface area contributed by atoms with Gasteiger partial charge >= 0.3 is 0 Å². The van der Waals surface area contributed by atoms with E-state index in [0.717, 1.165) is 11.3 Å². The van der Waals surface area contributed by atoms with Gasteiger partial charge in [-0.2, -0.15) is 0 Å². The number of nitrogens with one attached hydrogen (secondary N) is 2. The van der Waals surface area contributed by atoms with Crippen LogP contribution in [-0.2, 0) is 4.79 Å². The van der Waals surface area contributed by atoms with Crippen molar-refractivity contribution in [3.63, 3.8) is 0 Å².